The zero-order chi connectivity index (χ0) is 18.4. The molecule has 3 amide bonds. The van der Waals surface area contributed by atoms with Crippen LogP contribution in [0.4, 0.5) is 16.2 Å². The monoisotopic (exact) mass is 340 g/mol. The van der Waals surface area contributed by atoms with Gasteiger partial charge in [0.25, 0.3) is 0 Å². The fourth-order valence-corrected chi connectivity index (χ4v) is 2.21. The van der Waals surface area contributed by atoms with E-state index in [2.05, 4.69) is 16.0 Å². The van der Waals surface area contributed by atoms with Crippen molar-refractivity contribution in [2.75, 3.05) is 10.6 Å². The van der Waals surface area contributed by atoms with Crippen molar-refractivity contribution in [3.8, 4) is 0 Å². The third kappa shape index (κ3) is 5.61. The Balaban J connectivity index is 1.95. The zero-order valence-corrected chi connectivity index (χ0v) is 14.7. The summed E-state index contributed by atoms with van der Waals surface area (Å²) in [5, 5.41) is 8.23. The average Bonchev–Trinajstić information content (AvgIpc) is 2.56. The van der Waals surface area contributed by atoms with Crippen molar-refractivity contribution in [1.82, 2.24) is 5.32 Å². The van der Waals surface area contributed by atoms with Crippen LogP contribution in [0.15, 0.2) is 48.5 Å². The van der Waals surface area contributed by atoms with Gasteiger partial charge in [-0.25, -0.2) is 4.79 Å². The van der Waals surface area contributed by atoms with E-state index in [-0.39, 0.29) is 18.0 Å². The minimum absolute atomic E-state index is 0.0572. The van der Waals surface area contributed by atoms with E-state index >= 15 is 0 Å². The maximum absolute atomic E-state index is 12.3. The Kier molecular flexibility index (Phi) is 6.14. The van der Waals surface area contributed by atoms with Crippen LogP contribution in [0.5, 0.6) is 0 Å². The van der Waals surface area contributed by atoms with Crippen LogP contribution in [-0.2, 0) is 4.79 Å². The highest BCUT2D eigenvalue weighted by Crippen LogP contribution is 2.17. The molecule has 2 rings (SSSR count). The van der Waals surface area contributed by atoms with E-state index in [4.69, 9.17) is 5.73 Å². The van der Waals surface area contributed by atoms with Crippen LogP contribution < -0.4 is 21.7 Å². The van der Waals surface area contributed by atoms with Crippen molar-refractivity contribution >= 4 is 23.3 Å². The number of hydrogen-bond donors (Lipinski definition) is 4. The predicted molar refractivity (Wildman–Crippen MR) is 100 cm³/mol. The van der Waals surface area contributed by atoms with Crippen molar-refractivity contribution in [3.63, 3.8) is 0 Å². The number of nitrogens with two attached hydrogens (primary N) is 1. The number of nitrogens with one attached hydrogen (secondary N) is 3. The lowest BCUT2D eigenvalue weighted by Gasteiger charge is -2.14. The standard InChI is InChI=1S/C19H24N4O2/c1-12(2)21-19(25)23-16-10-8-15(9-11-16)22-18(24)17(20)14-6-4-13(3)5-7-14/h4-12,17H,20H2,1-3H3,(H,22,24)(H2,21,23,25). The highest BCUT2D eigenvalue weighted by atomic mass is 16.2. The lowest BCUT2D eigenvalue weighted by molar-refractivity contribution is -0.117. The number of amides is 3. The van der Waals surface area contributed by atoms with Gasteiger partial charge in [0.2, 0.25) is 5.91 Å². The zero-order valence-electron chi connectivity index (χ0n) is 14.7. The number of carbonyl (C=O) groups is 2. The summed E-state index contributed by atoms with van der Waals surface area (Å²) in [6.07, 6.45) is 0. The second-order valence-corrected chi connectivity index (χ2v) is 6.21. The maximum atomic E-state index is 12.3. The van der Waals surface area contributed by atoms with Gasteiger partial charge in [-0.3, -0.25) is 4.79 Å². The summed E-state index contributed by atoms with van der Waals surface area (Å²) < 4.78 is 0. The van der Waals surface area contributed by atoms with Crippen LogP contribution in [0.2, 0.25) is 0 Å². The lowest BCUT2D eigenvalue weighted by Crippen LogP contribution is -2.34. The molecule has 6 nitrogen and oxygen atoms in total. The molecule has 0 aromatic heterocycles. The molecule has 0 aliphatic carbocycles. The molecule has 0 spiro atoms. The molecule has 25 heavy (non-hydrogen) atoms. The molecule has 1 unspecified atom stereocenters. The molecule has 0 bridgehead atoms. The lowest BCUT2D eigenvalue weighted by atomic mass is 10.1. The van der Waals surface area contributed by atoms with Crippen LogP contribution in [-0.4, -0.2) is 18.0 Å². The fraction of sp³-hybridized carbons (Fsp3) is 0.263. The second-order valence-electron chi connectivity index (χ2n) is 6.21. The Bertz CT molecular complexity index is 724. The summed E-state index contributed by atoms with van der Waals surface area (Å²) in [5.41, 5.74) is 9.12. The molecule has 0 radical (unpaired) electrons. The molecular formula is C19H24N4O2. The number of anilines is 2. The van der Waals surface area contributed by atoms with Gasteiger partial charge in [-0.05, 0) is 50.6 Å². The Labute approximate surface area is 147 Å². The van der Waals surface area contributed by atoms with Crippen LogP contribution in [0.1, 0.15) is 31.0 Å². The minimum Gasteiger partial charge on any atom is -0.336 e. The molecule has 0 heterocycles. The minimum atomic E-state index is -0.741. The topological polar surface area (TPSA) is 96.2 Å². The number of hydrogen-bond acceptors (Lipinski definition) is 3. The number of benzene rings is 2. The smallest absolute Gasteiger partial charge is 0.319 e. The number of urea groups is 1. The Hall–Kier alpha value is -2.86. The van der Waals surface area contributed by atoms with Gasteiger partial charge in [0.05, 0.1) is 0 Å². The first-order chi connectivity index (χ1) is 11.8. The molecule has 6 heteroatoms. The number of carbonyl (C=O) groups excluding carboxylic acids is 2. The van der Waals surface area contributed by atoms with Crippen LogP contribution in [0.3, 0.4) is 0 Å². The summed E-state index contributed by atoms with van der Waals surface area (Å²) >= 11 is 0. The van der Waals surface area contributed by atoms with E-state index in [9.17, 15) is 9.59 Å². The van der Waals surface area contributed by atoms with Gasteiger partial charge in [0.1, 0.15) is 6.04 Å². The maximum Gasteiger partial charge on any atom is 0.319 e. The van der Waals surface area contributed by atoms with Gasteiger partial charge in [0, 0.05) is 17.4 Å². The van der Waals surface area contributed by atoms with Crippen molar-refractivity contribution in [1.29, 1.82) is 0 Å². The van der Waals surface area contributed by atoms with Gasteiger partial charge < -0.3 is 21.7 Å². The number of aryl methyl sites for hydroxylation is 1. The Morgan fingerprint density at radius 3 is 1.92 bits per heavy atom. The first-order valence-corrected chi connectivity index (χ1v) is 8.16. The third-order valence-electron chi connectivity index (χ3n) is 3.55. The molecule has 0 aliphatic heterocycles. The molecule has 0 fully saturated rings. The fourth-order valence-electron chi connectivity index (χ4n) is 2.21. The van der Waals surface area contributed by atoms with Crippen molar-refractivity contribution in [2.24, 2.45) is 5.73 Å². The van der Waals surface area contributed by atoms with Crippen LogP contribution >= 0.6 is 0 Å². The Morgan fingerprint density at radius 2 is 1.40 bits per heavy atom. The highest BCUT2D eigenvalue weighted by Gasteiger charge is 2.15. The normalized spacial score (nSPS) is 11.7. The summed E-state index contributed by atoms with van der Waals surface area (Å²) in [6, 6.07) is 13.4. The van der Waals surface area contributed by atoms with Crippen molar-refractivity contribution < 1.29 is 9.59 Å². The van der Waals surface area contributed by atoms with Crippen LogP contribution in [0.25, 0.3) is 0 Å². The van der Waals surface area contributed by atoms with E-state index in [1.807, 2.05) is 45.0 Å². The first-order valence-electron chi connectivity index (χ1n) is 8.16. The molecule has 2 aromatic carbocycles. The van der Waals surface area contributed by atoms with Gasteiger partial charge in [0.15, 0.2) is 0 Å². The third-order valence-corrected chi connectivity index (χ3v) is 3.55. The Morgan fingerprint density at radius 1 is 0.880 bits per heavy atom. The molecule has 0 saturated carbocycles. The van der Waals surface area contributed by atoms with Gasteiger partial charge >= 0.3 is 6.03 Å². The largest absolute Gasteiger partial charge is 0.336 e. The average molecular weight is 340 g/mol. The summed E-state index contributed by atoms with van der Waals surface area (Å²) in [7, 11) is 0. The summed E-state index contributed by atoms with van der Waals surface area (Å²) in [5.74, 6) is -0.290. The van der Waals surface area contributed by atoms with Gasteiger partial charge in [-0.15, -0.1) is 0 Å². The summed E-state index contributed by atoms with van der Waals surface area (Å²) in [4.78, 5) is 23.9. The van der Waals surface area contributed by atoms with Crippen molar-refractivity contribution in [2.45, 2.75) is 32.9 Å². The molecule has 1 atom stereocenters. The second kappa shape index (κ2) is 8.30. The van der Waals surface area contributed by atoms with E-state index in [0.717, 1.165) is 11.1 Å². The van der Waals surface area contributed by atoms with E-state index in [0.29, 0.717) is 11.4 Å². The van der Waals surface area contributed by atoms with Gasteiger partial charge in [-0.2, -0.15) is 0 Å². The molecule has 2 aromatic rings. The molecule has 5 N–H and O–H groups in total. The van der Waals surface area contributed by atoms with Gasteiger partial charge in [-0.1, -0.05) is 29.8 Å². The molecule has 132 valence electrons. The number of rotatable bonds is 5. The quantitative estimate of drug-likeness (QED) is 0.673. The predicted octanol–water partition coefficient (Wildman–Crippen LogP) is 3.16. The first kappa shape index (κ1) is 18.5. The highest BCUT2D eigenvalue weighted by molar-refractivity contribution is 5.96. The summed E-state index contributed by atoms with van der Waals surface area (Å²) in [6.45, 7) is 5.75. The van der Waals surface area contributed by atoms with Crippen molar-refractivity contribution in [3.05, 3.63) is 59.7 Å². The SMILES string of the molecule is Cc1ccc(C(N)C(=O)Nc2ccc(NC(=O)NC(C)C)cc2)cc1. The molecule has 0 saturated heterocycles. The van der Waals surface area contributed by atoms with E-state index < -0.39 is 6.04 Å². The van der Waals surface area contributed by atoms with E-state index in [1.54, 1.807) is 24.3 Å². The molecule has 0 aliphatic rings. The molecular weight excluding hydrogens is 316 g/mol. The van der Waals surface area contributed by atoms with Crippen LogP contribution in [0, 0.1) is 6.92 Å². The van der Waals surface area contributed by atoms with E-state index in [1.165, 1.54) is 0 Å².